The lowest BCUT2D eigenvalue weighted by Gasteiger charge is -2.21. The van der Waals surface area contributed by atoms with E-state index in [1.54, 1.807) is 0 Å². The zero-order valence-corrected chi connectivity index (χ0v) is 12.3. The molecule has 1 fully saturated rings. The molecule has 0 saturated heterocycles. The molecule has 20 heavy (non-hydrogen) atoms. The van der Waals surface area contributed by atoms with E-state index in [1.165, 1.54) is 37.8 Å². The van der Waals surface area contributed by atoms with Gasteiger partial charge in [0.05, 0.1) is 18.3 Å². The summed E-state index contributed by atoms with van der Waals surface area (Å²) in [5.41, 5.74) is 2.46. The fourth-order valence-corrected chi connectivity index (χ4v) is 3.13. The summed E-state index contributed by atoms with van der Waals surface area (Å²) in [6.07, 6.45) is 11.0. The van der Waals surface area contributed by atoms with Crippen molar-refractivity contribution in [1.82, 2.24) is 19.7 Å². The molecule has 0 amide bonds. The molecule has 1 N–H and O–H groups in total. The number of rotatable bonds is 5. The second-order valence-electron chi connectivity index (χ2n) is 5.74. The first-order chi connectivity index (χ1) is 9.86. The minimum atomic E-state index is 0.624. The van der Waals surface area contributed by atoms with E-state index >= 15 is 0 Å². The molecule has 0 aliphatic heterocycles. The molecule has 1 aliphatic rings. The first-order valence-corrected chi connectivity index (χ1v) is 7.69. The maximum atomic E-state index is 4.79. The fourth-order valence-electron chi connectivity index (χ4n) is 3.13. The molecule has 1 saturated carbocycles. The van der Waals surface area contributed by atoms with Crippen molar-refractivity contribution < 1.29 is 0 Å². The van der Waals surface area contributed by atoms with E-state index in [1.807, 2.05) is 7.05 Å². The van der Waals surface area contributed by atoms with Crippen molar-refractivity contribution in [2.45, 2.75) is 51.2 Å². The summed E-state index contributed by atoms with van der Waals surface area (Å²) in [6, 6.07) is 7.05. The topological polar surface area (TPSA) is 34.8 Å². The molecule has 2 aromatic heterocycles. The van der Waals surface area contributed by atoms with Gasteiger partial charge < -0.3 is 9.88 Å². The fraction of sp³-hybridized carbons (Fsp3) is 0.562. The SMILES string of the molecule is CNCc1cccn1Cc1ccn(C2CCCCC2)n1. The van der Waals surface area contributed by atoms with Gasteiger partial charge in [-0.15, -0.1) is 0 Å². The quantitative estimate of drug-likeness (QED) is 0.908. The predicted molar refractivity (Wildman–Crippen MR) is 80.6 cm³/mol. The summed E-state index contributed by atoms with van der Waals surface area (Å²) in [7, 11) is 1.98. The molecule has 0 radical (unpaired) electrons. The van der Waals surface area contributed by atoms with Gasteiger partial charge in [-0.1, -0.05) is 19.3 Å². The van der Waals surface area contributed by atoms with E-state index in [9.17, 15) is 0 Å². The van der Waals surface area contributed by atoms with Gasteiger partial charge in [-0.05, 0) is 38.1 Å². The molecule has 0 aromatic carbocycles. The van der Waals surface area contributed by atoms with Crippen LogP contribution in [0.3, 0.4) is 0 Å². The molecule has 2 heterocycles. The van der Waals surface area contributed by atoms with E-state index in [0.717, 1.165) is 18.8 Å². The van der Waals surface area contributed by atoms with Crippen molar-refractivity contribution in [2.24, 2.45) is 0 Å². The van der Waals surface area contributed by atoms with Gasteiger partial charge in [-0.2, -0.15) is 5.10 Å². The number of hydrogen-bond donors (Lipinski definition) is 1. The highest BCUT2D eigenvalue weighted by atomic mass is 15.3. The van der Waals surface area contributed by atoms with Crippen LogP contribution >= 0.6 is 0 Å². The molecular weight excluding hydrogens is 248 g/mol. The monoisotopic (exact) mass is 272 g/mol. The van der Waals surface area contributed by atoms with Crippen LogP contribution in [0.2, 0.25) is 0 Å². The minimum absolute atomic E-state index is 0.624. The normalized spacial score (nSPS) is 16.6. The molecule has 4 nitrogen and oxygen atoms in total. The van der Waals surface area contributed by atoms with E-state index in [-0.39, 0.29) is 0 Å². The second-order valence-corrected chi connectivity index (χ2v) is 5.74. The Hall–Kier alpha value is -1.55. The zero-order valence-electron chi connectivity index (χ0n) is 12.3. The Morgan fingerprint density at radius 2 is 2.05 bits per heavy atom. The Labute approximate surface area is 120 Å². The van der Waals surface area contributed by atoms with Crippen LogP contribution in [0.15, 0.2) is 30.6 Å². The second kappa shape index (κ2) is 6.27. The van der Waals surface area contributed by atoms with Gasteiger partial charge in [0.2, 0.25) is 0 Å². The van der Waals surface area contributed by atoms with Gasteiger partial charge in [0, 0.05) is 24.6 Å². The zero-order chi connectivity index (χ0) is 13.8. The average Bonchev–Trinajstić information content (AvgIpc) is 3.11. The Balaban J connectivity index is 1.68. The van der Waals surface area contributed by atoms with Crippen LogP contribution in [0.4, 0.5) is 0 Å². The molecule has 0 spiro atoms. The van der Waals surface area contributed by atoms with Crippen LogP contribution in [0, 0.1) is 0 Å². The van der Waals surface area contributed by atoms with E-state index < -0.39 is 0 Å². The first-order valence-electron chi connectivity index (χ1n) is 7.69. The standard InChI is InChI=1S/C16H24N4/c1-17-12-16-8-5-10-19(16)13-14-9-11-20(18-14)15-6-3-2-4-7-15/h5,8-11,15,17H,2-4,6-7,12-13H2,1H3. The third kappa shape index (κ3) is 2.96. The van der Waals surface area contributed by atoms with Crippen molar-refractivity contribution in [3.8, 4) is 0 Å². The summed E-state index contributed by atoms with van der Waals surface area (Å²) in [4.78, 5) is 0. The van der Waals surface area contributed by atoms with Gasteiger partial charge in [-0.25, -0.2) is 0 Å². The minimum Gasteiger partial charge on any atom is -0.344 e. The Bertz CT molecular complexity index is 534. The average molecular weight is 272 g/mol. The van der Waals surface area contributed by atoms with Gasteiger partial charge in [-0.3, -0.25) is 4.68 Å². The van der Waals surface area contributed by atoms with Crippen LogP contribution in [0.1, 0.15) is 49.5 Å². The molecule has 0 atom stereocenters. The maximum absolute atomic E-state index is 4.79. The lowest BCUT2D eigenvalue weighted by atomic mass is 9.96. The van der Waals surface area contributed by atoms with Crippen molar-refractivity contribution in [2.75, 3.05) is 7.05 Å². The molecule has 108 valence electrons. The molecular formula is C16H24N4. The third-order valence-corrected chi connectivity index (χ3v) is 4.23. The lowest BCUT2D eigenvalue weighted by molar-refractivity contribution is 0.328. The van der Waals surface area contributed by atoms with Crippen molar-refractivity contribution in [1.29, 1.82) is 0 Å². The number of nitrogens with one attached hydrogen (secondary N) is 1. The number of aromatic nitrogens is 3. The molecule has 0 bridgehead atoms. The molecule has 1 aliphatic carbocycles. The first kappa shape index (κ1) is 13.4. The van der Waals surface area contributed by atoms with E-state index in [2.05, 4.69) is 45.2 Å². The van der Waals surface area contributed by atoms with E-state index in [4.69, 9.17) is 5.10 Å². The summed E-state index contributed by atoms with van der Waals surface area (Å²) in [5, 5.41) is 7.99. The smallest absolute Gasteiger partial charge is 0.0821 e. The van der Waals surface area contributed by atoms with Gasteiger partial charge in [0.15, 0.2) is 0 Å². The number of hydrogen-bond acceptors (Lipinski definition) is 2. The Kier molecular flexibility index (Phi) is 4.21. The van der Waals surface area contributed by atoms with Crippen molar-refractivity contribution in [3.05, 3.63) is 42.0 Å². The van der Waals surface area contributed by atoms with E-state index in [0.29, 0.717) is 6.04 Å². The highest BCUT2D eigenvalue weighted by Crippen LogP contribution is 2.27. The third-order valence-electron chi connectivity index (χ3n) is 4.23. The van der Waals surface area contributed by atoms with Crippen LogP contribution in [-0.2, 0) is 13.1 Å². The predicted octanol–water partition coefficient (Wildman–Crippen LogP) is 2.96. The number of nitrogens with zero attached hydrogens (tertiary/aromatic N) is 3. The summed E-state index contributed by atoms with van der Waals surface area (Å²) in [6.45, 7) is 1.76. The summed E-state index contributed by atoms with van der Waals surface area (Å²) in [5.74, 6) is 0. The molecule has 0 unspecified atom stereocenters. The summed E-state index contributed by atoms with van der Waals surface area (Å²) >= 11 is 0. The lowest BCUT2D eigenvalue weighted by Crippen LogP contribution is -2.14. The highest BCUT2D eigenvalue weighted by molar-refractivity contribution is 5.10. The van der Waals surface area contributed by atoms with Gasteiger partial charge in [0.1, 0.15) is 0 Å². The van der Waals surface area contributed by atoms with Gasteiger partial charge >= 0.3 is 0 Å². The molecule has 3 rings (SSSR count). The Morgan fingerprint density at radius 1 is 1.20 bits per heavy atom. The molecule has 2 aromatic rings. The van der Waals surface area contributed by atoms with Crippen LogP contribution in [-0.4, -0.2) is 21.4 Å². The largest absolute Gasteiger partial charge is 0.344 e. The Morgan fingerprint density at radius 3 is 2.85 bits per heavy atom. The van der Waals surface area contributed by atoms with Crippen LogP contribution < -0.4 is 5.32 Å². The summed E-state index contributed by atoms with van der Waals surface area (Å²) < 4.78 is 4.46. The molecule has 4 heteroatoms. The highest BCUT2D eigenvalue weighted by Gasteiger charge is 2.16. The van der Waals surface area contributed by atoms with Crippen LogP contribution in [0.25, 0.3) is 0 Å². The maximum Gasteiger partial charge on any atom is 0.0821 e. The van der Waals surface area contributed by atoms with Crippen LogP contribution in [0.5, 0.6) is 0 Å². The van der Waals surface area contributed by atoms with Crippen molar-refractivity contribution in [3.63, 3.8) is 0 Å². The van der Waals surface area contributed by atoms with Gasteiger partial charge in [0.25, 0.3) is 0 Å². The van der Waals surface area contributed by atoms with Crippen molar-refractivity contribution >= 4 is 0 Å².